The standard InChI is InChI=1S/C88H172O17P2/c1-9-81(8)67-59-51-43-34-28-22-16-12-10-11-13-17-24-30-36-46-54-62-70-87(92)104-83(74-98-85(90)68-60-52-44-35-29-23-18-14-15-20-26-32-40-48-56-64-78(2)3)76-102-106(94,95)100-72-82(89)73-101-107(96,97)103-77-84(75-99-86(91)69-61-53-45-39-38-42-50-58-66-80(6)7)105-88(93)71-63-55-47-37-31-25-19-21-27-33-41-49-57-65-79(4)5/h78-84,89H,9-77H2,1-8H3,(H,94,95)(H,96,97)/t81?,82-,83-,84-/m1/s1. The smallest absolute Gasteiger partial charge is 0.462 e. The normalized spacial score (nSPS) is 14.1. The molecule has 6 atom stereocenters. The van der Waals surface area contributed by atoms with Gasteiger partial charge in [-0.05, 0) is 49.4 Å². The highest BCUT2D eigenvalue weighted by Crippen LogP contribution is 2.45. The Balaban J connectivity index is 5.24. The van der Waals surface area contributed by atoms with Crippen LogP contribution in [-0.2, 0) is 65.4 Å². The van der Waals surface area contributed by atoms with Gasteiger partial charge < -0.3 is 33.8 Å². The average molecular weight is 1560 g/mol. The van der Waals surface area contributed by atoms with Crippen LogP contribution in [0.3, 0.4) is 0 Å². The van der Waals surface area contributed by atoms with Crippen LogP contribution in [0.2, 0.25) is 0 Å². The van der Waals surface area contributed by atoms with E-state index < -0.39 is 97.5 Å². The number of aliphatic hydroxyl groups is 1. The molecule has 0 aliphatic heterocycles. The third-order valence-corrected chi connectivity index (χ3v) is 22.8. The minimum atomic E-state index is -4.97. The number of aliphatic hydroxyl groups excluding tert-OH is 1. The molecule has 19 heteroatoms. The number of phosphoric ester groups is 2. The van der Waals surface area contributed by atoms with Crippen molar-refractivity contribution in [3.8, 4) is 0 Å². The third-order valence-electron chi connectivity index (χ3n) is 20.9. The molecular weight excluding hydrogens is 1390 g/mol. The van der Waals surface area contributed by atoms with Gasteiger partial charge in [0, 0.05) is 25.7 Å². The molecule has 0 fully saturated rings. The first-order chi connectivity index (χ1) is 51.6. The van der Waals surface area contributed by atoms with Gasteiger partial charge >= 0.3 is 39.5 Å². The van der Waals surface area contributed by atoms with Gasteiger partial charge in [-0.1, -0.05) is 409 Å². The van der Waals surface area contributed by atoms with Crippen molar-refractivity contribution < 1.29 is 80.2 Å². The molecule has 3 unspecified atom stereocenters. The van der Waals surface area contributed by atoms with Crippen LogP contribution in [0.25, 0.3) is 0 Å². The largest absolute Gasteiger partial charge is 0.472 e. The first kappa shape index (κ1) is 105. The quantitative estimate of drug-likeness (QED) is 0.0222. The monoisotopic (exact) mass is 1560 g/mol. The fourth-order valence-electron chi connectivity index (χ4n) is 13.6. The van der Waals surface area contributed by atoms with Crippen molar-refractivity contribution in [1.29, 1.82) is 0 Å². The van der Waals surface area contributed by atoms with E-state index in [2.05, 4.69) is 55.4 Å². The Labute approximate surface area is 658 Å². The van der Waals surface area contributed by atoms with Crippen LogP contribution >= 0.6 is 15.6 Å². The van der Waals surface area contributed by atoms with E-state index in [1.165, 1.54) is 263 Å². The molecular formula is C88H172O17P2. The maximum Gasteiger partial charge on any atom is 0.472 e. The van der Waals surface area contributed by atoms with Crippen molar-refractivity contribution in [3.05, 3.63) is 0 Å². The van der Waals surface area contributed by atoms with Gasteiger partial charge in [-0.2, -0.15) is 0 Å². The molecule has 0 aliphatic rings. The molecule has 0 aromatic heterocycles. The minimum Gasteiger partial charge on any atom is -0.462 e. The lowest BCUT2D eigenvalue weighted by atomic mass is 9.99. The summed E-state index contributed by atoms with van der Waals surface area (Å²) < 4.78 is 69.0. The van der Waals surface area contributed by atoms with E-state index in [4.69, 9.17) is 37.0 Å². The van der Waals surface area contributed by atoms with Crippen LogP contribution in [0.1, 0.15) is 460 Å². The van der Waals surface area contributed by atoms with Gasteiger partial charge in [0.05, 0.1) is 26.4 Å². The SMILES string of the molecule is CCC(C)CCCCCCCCCCCCCCCCCCCCC(=O)O[C@H](COC(=O)CCCCCCCCCCCCCCCCCC(C)C)COP(=O)(O)OC[C@@H](O)COP(=O)(O)OC[C@@H](COC(=O)CCCCCCCCCCC(C)C)OC(=O)CCCCCCCCCCCCCCCC(C)C. The Hall–Kier alpha value is -1.94. The highest BCUT2D eigenvalue weighted by molar-refractivity contribution is 7.47. The summed E-state index contributed by atoms with van der Waals surface area (Å²) >= 11 is 0. The summed E-state index contributed by atoms with van der Waals surface area (Å²) in [7, 11) is -9.93. The Morgan fingerprint density at radius 2 is 0.449 bits per heavy atom. The lowest BCUT2D eigenvalue weighted by molar-refractivity contribution is -0.161. The lowest BCUT2D eigenvalue weighted by Crippen LogP contribution is -2.30. The number of rotatable bonds is 85. The van der Waals surface area contributed by atoms with Crippen molar-refractivity contribution in [3.63, 3.8) is 0 Å². The zero-order valence-corrected chi connectivity index (χ0v) is 72.6. The topological polar surface area (TPSA) is 237 Å². The average Bonchev–Trinajstić information content (AvgIpc) is 0.903. The van der Waals surface area contributed by atoms with E-state index >= 15 is 0 Å². The zero-order valence-electron chi connectivity index (χ0n) is 70.8. The van der Waals surface area contributed by atoms with E-state index in [1.807, 2.05) is 0 Å². The van der Waals surface area contributed by atoms with Crippen molar-refractivity contribution in [2.75, 3.05) is 39.6 Å². The number of hydrogen-bond donors (Lipinski definition) is 3. The Morgan fingerprint density at radius 1 is 0.262 bits per heavy atom. The molecule has 0 heterocycles. The van der Waals surface area contributed by atoms with Crippen LogP contribution < -0.4 is 0 Å². The van der Waals surface area contributed by atoms with Gasteiger partial charge in [0.1, 0.15) is 19.3 Å². The fourth-order valence-corrected chi connectivity index (χ4v) is 15.2. The van der Waals surface area contributed by atoms with Crippen LogP contribution in [-0.4, -0.2) is 96.7 Å². The maximum absolute atomic E-state index is 13.2. The van der Waals surface area contributed by atoms with Gasteiger partial charge in [-0.3, -0.25) is 37.3 Å². The number of unbranched alkanes of at least 4 members (excludes halogenated alkanes) is 50. The molecule has 0 aromatic rings. The van der Waals surface area contributed by atoms with Crippen molar-refractivity contribution in [1.82, 2.24) is 0 Å². The van der Waals surface area contributed by atoms with Crippen LogP contribution in [0.15, 0.2) is 0 Å². The molecule has 0 amide bonds. The summed E-state index contributed by atoms with van der Waals surface area (Å²) in [4.78, 5) is 73.3. The van der Waals surface area contributed by atoms with E-state index in [0.717, 1.165) is 114 Å². The minimum absolute atomic E-state index is 0.107. The molecule has 0 spiro atoms. The summed E-state index contributed by atoms with van der Waals surface area (Å²) in [5.41, 5.74) is 0. The molecule has 0 bridgehead atoms. The second-order valence-corrected chi connectivity index (χ2v) is 36.2. The second kappa shape index (κ2) is 76.7. The summed E-state index contributed by atoms with van der Waals surface area (Å²) in [6.07, 6.45) is 66.7. The third kappa shape index (κ3) is 80.5. The summed E-state index contributed by atoms with van der Waals surface area (Å²) in [6, 6.07) is 0. The lowest BCUT2D eigenvalue weighted by Gasteiger charge is -2.21. The van der Waals surface area contributed by atoms with Crippen LogP contribution in [0.4, 0.5) is 0 Å². The van der Waals surface area contributed by atoms with Crippen molar-refractivity contribution in [2.24, 2.45) is 23.7 Å². The van der Waals surface area contributed by atoms with Crippen LogP contribution in [0, 0.1) is 23.7 Å². The zero-order chi connectivity index (χ0) is 78.8. The Morgan fingerprint density at radius 3 is 0.664 bits per heavy atom. The molecule has 636 valence electrons. The number of ether oxygens (including phenoxy) is 4. The first-order valence-corrected chi connectivity index (χ1v) is 48.2. The molecule has 3 N–H and O–H groups in total. The van der Waals surface area contributed by atoms with Crippen LogP contribution in [0.5, 0.6) is 0 Å². The highest BCUT2D eigenvalue weighted by Gasteiger charge is 2.31. The van der Waals surface area contributed by atoms with Gasteiger partial charge in [-0.15, -0.1) is 0 Å². The molecule has 17 nitrogen and oxygen atoms in total. The van der Waals surface area contributed by atoms with Crippen molar-refractivity contribution in [2.45, 2.75) is 478 Å². The van der Waals surface area contributed by atoms with E-state index in [0.29, 0.717) is 25.7 Å². The molecule has 0 saturated heterocycles. The van der Waals surface area contributed by atoms with Gasteiger partial charge in [0.2, 0.25) is 0 Å². The molecule has 0 saturated carbocycles. The molecule has 0 radical (unpaired) electrons. The Bertz CT molecular complexity index is 2080. The maximum atomic E-state index is 13.2. The molecule has 0 aliphatic carbocycles. The number of carbonyl (C=O) groups excluding carboxylic acids is 4. The molecule has 0 aromatic carbocycles. The molecule has 107 heavy (non-hydrogen) atoms. The predicted octanol–water partition coefficient (Wildman–Crippen LogP) is 26.7. The van der Waals surface area contributed by atoms with E-state index in [1.54, 1.807) is 0 Å². The highest BCUT2D eigenvalue weighted by atomic mass is 31.2. The van der Waals surface area contributed by atoms with Crippen molar-refractivity contribution >= 4 is 39.5 Å². The Kier molecular flexibility index (Phi) is 75.3. The molecule has 0 rings (SSSR count). The number of hydrogen-bond acceptors (Lipinski definition) is 15. The van der Waals surface area contributed by atoms with Gasteiger partial charge in [-0.25, -0.2) is 9.13 Å². The number of carbonyl (C=O) groups is 4. The van der Waals surface area contributed by atoms with Gasteiger partial charge in [0.25, 0.3) is 0 Å². The predicted molar refractivity (Wildman–Crippen MR) is 441 cm³/mol. The number of esters is 4. The van der Waals surface area contributed by atoms with Gasteiger partial charge in [0.15, 0.2) is 12.2 Å². The second-order valence-electron chi connectivity index (χ2n) is 33.3. The number of phosphoric acid groups is 2. The summed E-state index contributed by atoms with van der Waals surface area (Å²) in [6.45, 7) is 14.4. The van der Waals surface area contributed by atoms with E-state index in [-0.39, 0.29) is 25.7 Å². The first-order valence-electron chi connectivity index (χ1n) is 45.2. The summed E-state index contributed by atoms with van der Waals surface area (Å²) in [5.74, 6) is 1.08. The summed E-state index contributed by atoms with van der Waals surface area (Å²) in [5, 5.41) is 10.7. The van der Waals surface area contributed by atoms with E-state index in [9.17, 15) is 43.2 Å². The fraction of sp³-hybridized carbons (Fsp3) is 0.955.